The first-order chi connectivity index (χ1) is 41.5. The second-order valence-corrected chi connectivity index (χ2v) is 24.9. The molecule has 4 aliphatic heterocycles. The lowest BCUT2D eigenvalue weighted by Gasteiger charge is -2.33. The van der Waals surface area contributed by atoms with Crippen LogP contribution in [0.15, 0.2) is 23.4 Å². The lowest BCUT2D eigenvalue weighted by atomic mass is 9.96. The van der Waals surface area contributed by atoms with E-state index >= 15 is 0 Å². The SMILES string of the molecule is CC[C@H](C)[C@@H]1NC(=O)[C@H](CC(=O)[O-])NC(=O)[C@H](CCSC)NC(=O)[C@@H]2CCCN2C(=O)[C@@H]2CSCc3cc(cc(c3)OCCCCCCO/N=C/C(=O)N[C@@H](CCC(N)=O)C(=O)N2)CSC[C@@H](C(N)=O)NC(=O)[C@H]([C@@H](C)O)NC(=O)[C@@H]2CCCN2C1=O. The zero-order valence-corrected chi connectivity index (χ0v) is 52.0. The summed E-state index contributed by atoms with van der Waals surface area (Å²) >= 11 is 3.78. The Balaban J connectivity index is 1.58. The summed E-state index contributed by atoms with van der Waals surface area (Å²) in [6.45, 7) is 5.18. The molecule has 0 unspecified atom stereocenters. The van der Waals surface area contributed by atoms with E-state index in [-0.39, 0.29) is 80.6 Å². The molecule has 1 aromatic carbocycles. The number of aliphatic hydroxyl groups excluding tert-OH is 1. The van der Waals surface area contributed by atoms with Crippen molar-refractivity contribution in [1.82, 2.24) is 47.0 Å². The summed E-state index contributed by atoms with van der Waals surface area (Å²) in [6, 6.07) is -7.32. The van der Waals surface area contributed by atoms with E-state index in [2.05, 4.69) is 42.4 Å². The van der Waals surface area contributed by atoms with Crippen LogP contribution in [0.5, 0.6) is 5.75 Å². The van der Waals surface area contributed by atoms with Gasteiger partial charge in [-0.3, -0.25) is 52.7 Å². The Bertz CT molecular complexity index is 2660. The number of thioether (sulfide) groups is 3. The van der Waals surface area contributed by atoms with Gasteiger partial charge in [0.25, 0.3) is 5.91 Å². The van der Waals surface area contributed by atoms with Crippen LogP contribution >= 0.6 is 35.3 Å². The molecular formula is C56H83N12O16S3-. The van der Waals surface area contributed by atoms with Crippen molar-refractivity contribution in [3.8, 4) is 5.75 Å². The van der Waals surface area contributed by atoms with Crippen molar-refractivity contribution >= 4 is 112 Å². The molecule has 4 aliphatic rings. The smallest absolute Gasteiger partial charge is 0.266 e. The summed E-state index contributed by atoms with van der Waals surface area (Å²) in [5.74, 6) is -10.8. The average molecular weight is 1280 g/mol. The molecule has 31 heteroatoms. The molecule has 4 bridgehead atoms. The fraction of sp³-hybridized carbons (Fsp3) is 0.661. The number of nitrogens with zero attached hydrogens (tertiary/aromatic N) is 3. The number of carboxylic acid groups (broad SMARTS) is 1. The van der Waals surface area contributed by atoms with E-state index in [9.17, 15) is 67.7 Å². The van der Waals surface area contributed by atoms with Crippen molar-refractivity contribution in [3.63, 3.8) is 0 Å². The first kappa shape index (κ1) is 70.9. The van der Waals surface area contributed by atoms with Crippen LogP contribution in [0.3, 0.4) is 0 Å². The summed E-state index contributed by atoms with van der Waals surface area (Å²) < 4.78 is 6.24. The molecule has 2 fully saturated rings. The summed E-state index contributed by atoms with van der Waals surface area (Å²) in [5.41, 5.74) is 12.7. The Morgan fingerprint density at radius 3 is 1.89 bits per heavy atom. The number of rotatable bonds is 12. The molecule has 0 saturated carbocycles. The number of aliphatic hydroxyl groups is 1. The van der Waals surface area contributed by atoms with Crippen LogP contribution in [0.4, 0.5) is 0 Å². The topological polar surface area (TPSA) is 422 Å². The molecule has 482 valence electrons. The highest BCUT2D eigenvalue weighted by Gasteiger charge is 2.43. The molecular weight excluding hydrogens is 1190 g/mol. The molecule has 12 N–H and O–H groups in total. The molecule has 0 radical (unpaired) electrons. The third kappa shape index (κ3) is 22.4. The van der Waals surface area contributed by atoms with Crippen LogP contribution in [-0.4, -0.2) is 202 Å². The van der Waals surface area contributed by atoms with Gasteiger partial charge in [0.15, 0.2) is 0 Å². The van der Waals surface area contributed by atoms with E-state index in [1.54, 1.807) is 20.1 Å². The molecule has 4 heterocycles. The fourth-order valence-corrected chi connectivity index (χ4v) is 12.6. The van der Waals surface area contributed by atoms with E-state index in [1.165, 1.54) is 52.0 Å². The number of nitrogens with one attached hydrogen (secondary N) is 7. The molecule has 11 atom stereocenters. The Kier molecular flexibility index (Phi) is 29.2. The number of primary amides is 2. The number of amides is 11. The van der Waals surface area contributed by atoms with E-state index < -0.39 is 144 Å². The lowest BCUT2D eigenvalue weighted by Crippen LogP contribution is -2.62. The first-order valence-electron chi connectivity index (χ1n) is 29.3. The first-order valence-corrected chi connectivity index (χ1v) is 33.0. The maximum absolute atomic E-state index is 15.0. The second-order valence-electron chi connectivity index (χ2n) is 21.9. The van der Waals surface area contributed by atoms with Gasteiger partial charge in [0.1, 0.15) is 72.9 Å². The maximum atomic E-state index is 15.0. The highest BCUT2D eigenvalue weighted by molar-refractivity contribution is 7.99. The van der Waals surface area contributed by atoms with E-state index in [0.29, 0.717) is 50.0 Å². The number of aliphatic carboxylic acids is 1. The van der Waals surface area contributed by atoms with Crippen LogP contribution < -0.4 is 58.5 Å². The van der Waals surface area contributed by atoms with E-state index in [1.807, 2.05) is 18.2 Å². The Morgan fingerprint density at radius 1 is 0.701 bits per heavy atom. The highest BCUT2D eigenvalue weighted by atomic mass is 32.2. The lowest BCUT2D eigenvalue weighted by molar-refractivity contribution is -0.306. The maximum Gasteiger partial charge on any atom is 0.266 e. The van der Waals surface area contributed by atoms with Crippen molar-refractivity contribution in [2.45, 2.75) is 176 Å². The number of nitrogens with two attached hydrogens (primary N) is 2. The Morgan fingerprint density at radius 2 is 1.28 bits per heavy atom. The predicted molar refractivity (Wildman–Crippen MR) is 322 cm³/mol. The second kappa shape index (κ2) is 35.8. The summed E-state index contributed by atoms with van der Waals surface area (Å²) in [4.78, 5) is 173. The van der Waals surface area contributed by atoms with Gasteiger partial charge in [-0.25, -0.2) is 0 Å². The summed E-state index contributed by atoms with van der Waals surface area (Å²) in [7, 11) is 0. The van der Waals surface area contributed by atoms with E-state index in [4.69, 9.17) is 21.0 Å². The number of benzene rings is 1. The van der Waals surface area contributed by atoms with Gasteiger partial charge in [-0.15, -0.1) is 0 Å². The number of hydrogen-bond donors (Lipinski definition) is 10. The zero-order valence-electron chi connectivity index (χ0n) is 49.5. The summed E-state index contributed by atoms with van der Waals surface area (Å²) in [5, 5.41) is 44.8. The van der Waals surface area contributed by atoms with Gasteiger partial charge in [-0.2, -0.15) is 35.3 Å². The van der Waals surface area contributed by atoms with Crippen molar-refractivity contribution in [1.29, 1.82) is 0 Å². The normalized spacial score (nSPS) is 27.3. The van der Waals surface area contributed by atoms with Gasteiger partial charge in [0.2, 0.25) is 59.1 Å². The quantitative estimate of drug-likeness (QED) is 0.104. The van der Waals surface area contributed by atoms with Crippen molar-refractivity contribution in [2.75, 3.05) is 49.8 Å². The number of oxime groups is 1. The molecule has 11 amide bonds. The minimum atomic E-state index is -1.86. The van der Waals surface area contributed by atoms with Crippen molar-refractivity contribution < 1.29 is 77.3 Å². The number of fused-ring (bicyclic) bond motifs is 7. The monoisotopic (exact) mass is 1280 g/mol. The Hall–Kier alpha value is -6.86. The highest BCUT2D eigenvalue weighted by Crippen LogP contribution is 2.28. The van der Waals surface area contributed by atoms with Gasteiger partial charge >= 0.3 is 0 Å². The minimum Gasteiger partial charge on any atom is -0.550 e. The predicted octanol–water partition coefficient (Wildman–Crippen LogP) is -2.43. The van der Waals surface area contributed by atoms with Gasteiger partial charge < -0.3 is 83.1 Å². The van der Waals surface area contributed by atoms with Crippen molar-refractivity contribution in [3.05, 3.63) is 29.3 Å². The largest absolute Gasteiger partial charge is 0.550 e. The number of ether oxygens (including phenoxy) is 1. The Labute approximate surface area is 518 Å². The molecule has 0 aliphatic carbocycles. The molecule has 5 rings (SSSR count). The third-order valence-corrected chi connectivity index (χ3v) is 18.0. The summed E-state index contributed by atoms with van der Waals surface area (Å²) in [6.07, 6.45) is 3.25. The van der Waals surface area contributed by atoms with Crippen LogP contribution in [-0.2, 0) is 73.9 Å². The number of carboxylic acids is 1. The van der Waals surface area contributed by atoms with Gasteiger partial charge in [-0.05, 0) is 112 Å². The van der Waals surface area contributed by atoms with Crippen LogP contribution in [0, 0.1) is 5.92 Å². The molecule has 28 nitrogen and oxygen atoms in total. The molecule has 1 aromatic rings. The molecule has 2 saturated heterocycles. The molecule has 0 spiro atoms. The zero-order chi connectivity index (χ0) is 63.7. The fourth-order valence-electron chi connectivity index (χ4n) is 10.2. The standard InChI is InChI=1S/C56H84N12O16S3/c1-5-31(2)46-56(82)68-18-11-13-42(68)53(79)66-47(32(3)69)54(80)63-39(48(58)74)29-86-27-33-22-34-24-35(23-33)83-19-8-6-7-9-20-84-59-26-44(71)60-36(14-15-43(57)70)49(75)64-40(30-87-28-34)55(81)67-17-10-12-41(67)52(78)61-37(16-21-85-4)50(76)62-38(25-45(72)73)51(77)65-46/h22-24,26,31-32,36-42,46-47,69H,5-21,25,27-30H2,1-4H3,(H2,57,70)(H2,58,74)(H,60,71)(H,61,78)(H,62,76)(H,63,80)(H,64,75)(H,65,77)(H,66,79)(H,72,73)/p-1/b59-26+/t31-,32+,36-,37-,38-,39-,40-,41-,42-,46-,47-/m0/s1. The van der Waals surface area contributed by atoms with Crippen LogP contribution in [0.1, 0.15) is 115 Å². The molecule has 87 heavy (non-hydrogen) atoms. The van der Waals surface area contributed by atoms with Crippen LogP contribution in [0.25, 0.3) is 0 Å². The molecule has 0 aromatic heterocycles. The average Bonchev–Trinajstić information content (AvgIpc) is 2.57. The third-order valence-electron chi connectivity index (χ3n) is 15.1. The van der Waals surface area contributed by atoms with Crippen molar-refractivity contribution in [2.24, 2.45) is 22.5 Å². The van der Waals surface area contributed by atoms with Gasteiger partial charge in [0.05, 0.1) is 12.7 Å². The number of carbonyl (C=O) groups excluding carboxylic acids is 12. The van der Waals surface area contributed by atoms with E-state index in [0.717, 1.165) is 24.6 Å². The van der Waals surface area contributed by atoms with Crippen LogP contribution in [0.2, 0.25) is 0 Å². The minimum absolute atomic E-state index is 0.0295. The number of hydrogen-bond acceptors (Lipinski definition) is 20. The van der Waals surface area contributed by atoms with Gasteiger partial charge in [-0.1, -0.05) is 31.5 Å². The number of carbonyl (C=O) groups is 12. The van der Waals surface area contributed by atoms with Gasteiger partial charge in [0, 0.05) is 54.9 Å².